The Hall–Kier alpha value is -3.08. The summed E-state index contributed by atoms with van der Waals surface area (Å²) >= 11 is 0. The lowest BCUT2D eigenvalue weighted by Crippen LogP contribution is -1.93. The lowest BCUT2D eigenvalue weighted by Gasteiger charge is -2.06. The lowest BCUT2D eigenvalue weighted by atomic mass is 10.1. The highest BCUT2D eigenvalue weighted by Crippen LogP contribution is 2.28. The standard InChI is InChI=1S/C16H13N3O2/c20-14-6-2-1-4-11(14)10-18-19-13-7-8-15(21)16-12(13)5-3-9-17-16/h1-10,19-21H/b18-10-. The molecule has 0 atom stereocenters. The number of aromatic nitrogens is 1. The van der Waals surface area contributed by atoms with Crippen molar-refractivity contribution >= 4 is 22.8 Å². The highest BCUT2D eigenvalue weighted by Gasteiger charge is 2.05. The summed E-state index contributed by atoms with van der Waals surface area (Å²) in [5.41, 5.74) is 4.75. The fourth-order valence-corrected chi connectivity index (χ4v) is 2.02. The number of hydrazone groups is 1. The summed E-state index contributed by atoms with van der Waals surface area (Å²) < 4.78 is 0. The van der Waals surface area contributed by atoms with E-state index in [9.17, 15) is 10.2 Å². The number of hydrogen-bond acceptors (Lipinski definition) is 5. The van der Waals surface area contributed by atoms with E-state index in [1.165, 1.54) is 6.21 Å². The van der Waals surface area contributed by atoms with Gasteiger partial charge in [0.05, 0.1) is 11.9 Å². The summed E-state index contributed by atoms with van der Waals surface area (Å²) in [6.07, 6.45) is 3.15. The van der Waals surface area contributed by atoms with Crippen molar-refractivity contribution < 1.29 is 10.2 Å². The minimum atomic E-state index is 0.126. The zero-order valence-electron chi connectivity index (χ0n) is 11.1. The molecule has 0 saturated carbocycles. The van der Waals surface area contributed by atoms with Crippen LogP contribution < -0.4 is 5.43 Å². The van der Waals surface area contributed by atoms with Crippen molar-refractivity contribution in [1.82, 2.24) is 4.98 Å². The van der Waals surface area contributed by atoms with E-state index in [1.807, 2.05) is 12.1 Å². The van der Waals surface area contributed by atoms with Crippen molar-refractivity contribution in [3.8, 4) is 11.5 Å². The van der Waals surface area contributed by atoms with Crippen LogP contribution in [-0.4, -0.2) is 21.4 Å². The number of phenols is 2. The largest absolute Gasteiger partial charge is 0.507 e. The van der Waals surface area contributed by atoms with Crippen LogP contribution in [0.5, 0.6) is 11.5 Å². The number of hydrogen-bond donors (Lipinski definition) is 3. The first-order valence-electron chi connectivity index (χ1n) is 6.39. The van der Waals surface area contributed by atoms with Gasteiger partial charge in [-0.25, -0.2) is 0 Å². The summed E-state index contributed by atoms with van der Waals surface area (Å²) in [7, 11) is 0. The number of aromatic hydroxyl groups is 2. The number of fused-ring (bicyclic) bond motifs is 1. The Morgan fingerprint density at radius 2 is 1.81 bits per heavy atom. The van der Waals surface area contributed by atoms with Gasteiger partial charge in [0.25, 0.3) is 0 Å². The summed E-state index contributed by atoms with van der Waals surface area (Å²) in [5, 5.41) is 24.3. The number of phenolic OH excluding ortho intramolecular Hbond substituents is 2. The molecule has 0 bridgehead atoms. The minimum Gasteiger partial charge on any atom is -0.507 e. The van der Waals surface area contributed by atoms with Crippen LogP contribution in [0.3, 0.4) is 0 Å². The number of para-hydroxylation sites is 1. The third-order valence-corrected chi connectivity index (χ3v) is 3.07. The first-order valence-corrected chi connectivity index (χ1v) is 6.39. The van der Waals surface area contributed by atoms with Crippen LogP contribution in [-0.2, 0) is 0 Å². The van der Waals surface area contributed by atoms with Crippen LogP contribution in [0.1, 0.15) is 5.56 Å². The molecule has 1 aromatic heterocycles. The van der Waals surface area contributed by atoms with E-state index in [0.717, 1.165) is 11.1 Å². The molecule has 0 aliphatic carbocycles. The number of pyridine rings is 1. The number of rotatable bonds is 3. The zero-order valence-corrected chi connectivity index (χ0v) is 11.1. The van der Waals surface area contributed by atoms with Gasteiger partial charge >= 0.3 is 0 Å². The van der Waals surface area contributed by atoms with Gasteiger partial charge in [-0.05, 0) is 36.4 Å². The van der Waals surface area contributed by atoms with E-state index in [1.54, 1.807) is 42.6 Å². The van der Waals surface area contributed by atoms with Crippen molar-refractivity contribution in [3.05, 3.63) is 60.3 Å². The molecule has 2 aromatic carbocycles. The molecule has 1 heterocycles. The molecule has 0 fully saturated rings. The predicted octanol–water partition coefficient (Wildman–Crippen LogP) is 3.09. The lowest BCUT2D eigenvalue weighted by molar-refractivity contribution is 0.474. The number of anilines is 1. The molecule has 0 aliphatic heterocycles. The molecule has 0 amide bonds. The second-order valence-electron chi connectivity index (χ2n) is 4.46. The smallest absolute Gasteiger partial charge is 0.141 e. The topological polar surface area (TPSA) is 77.7 Å². The van der Waals surface area contributed by atoms with E-state index in [-0.39, 0.29) is 11.5 Å². The molecule has 21 heavy (non-hydrogen) atoms. The third kappa shape index (κ3) is 2.62. The number of nitrogens with one attached hydrogen (secondary N) is 1. The summed E-state index contributed by atoms with van der Waals surface area (Å²) in [6, 6.07) is 13.9. The van der Waals surface area contributed by atoms with Crippen LogP contribution in [0.4, 0.5) is 5.69 Å². The summed E-state index contributed by atoms with van der Waals surface area (Å²) in [5.74, 6) is 0.293. The van der Waals surface area contributed by atoms with Gasteiger partial charge in [0.2, 0.25) is 0 Å². The molecule has 0 aliphatic rings. The van der Waals surface area contributed by atoms with Gasteiger partial charge in [-0.2, -0.15) is 5.10 Å². The summed E-state index contributed by atoms with van der Waals surface area (Å²) in [6.45, 7) is 0. The Labute approximate surface area is 121 Å². The molecule has 0 spiro atoms. The molecule has 5 nitrogen and oxygen atoms in total. The normalized spacial score (nSPS) is 11.0. The van der Waals surface area contributed by atoms with Gasteiger partial charge in [-0.15, -0.1) is 0 Å². The van der Waals surface area contributed by atoms with Crippen LogP contribution in [0.25, 0.3) is 10.9 Å². The Bertz CT molecular complexity index is 815. The molecule has 3 aromatic rings. The number of benzene rings is 2. The molecule has 104 valence electrons. The fourth-order valence-electron chi connectivity index (χ4n) is 2.02. The zero-order chi connectivity index (χ0) is 14.7. The Morgan fingerprint density at radius 3 is 2.67 bits per heavy atom. The van der Waals surface area contributed by atoms with Crippen LogP contribution in [0.15, 0.2) is 59.8 Å². The van der Waals surface area contributed by atoms with Gasteiger partial charge in [0.15, 0.2) is 0 Å². The van der Waals surface area contributed by atoms with Crippen molar-refractivity contribution in [2.24, 2.45) is 5.10 Å². The van der Waals surface area contributed by atoms with Crippen molar-refractivity contribution in [3.63, 3.8) is 0 Å². The van der Waals surface area contributed by atoms with Gasteiger partial charge < -0.3 is 10.2 Å². The molecule has 3 rings (SSSR count). The SMILES string of the molecule is Oc1ccccc1/C=N\Nc1ccc(O)c2ncccc12. The molecule has 0 unspecified atom stereocenters. The van der Waals surface area contributed by atoms with Crippen LogP contribution in [0, 0.1) is 0 Å². The maximum absolute atomic E-state index is 9.77. The Morgan fingerprint density at radius 1 is 0.952 bits per heavy atom. The van der Waals surface area contributed by atoms with Gasteiger partial charge in [0, 0.05) is 17.1 Å². The average Bonchev–Trinajstić information content (AvgIpc) is 2.52. The van der Waals surface area contributed by atoms with E-state index in [2.05, 4.69) is 15.5 Å². The molecular formula is C16H13N3O2. The first kappa shape index (κ1) is 12.9. The maximum atomic E-state index is 9.77. The van der Waals surface area contributed by atoms with Crippen molar-refractivity contribution in [1.29, 1.82) is 0 Å². The monoisotopic (exact) mass is 279 g/mol. The second-order valence-corrected chi connectivity index (χ2v) is 4.46. The molecule has 0 saturated heterocycles. The van der Waals surface area contributed by atoms with Gasteiger partial charge in [-0.3, -0.25) is 10.4 Å². The highest BCUT2D eigenvalue weighted by atomic mass is 16.3. The minimum absolute atomic E-state index is 0.126. The third-order valence-electron chi connectivity index (χ3n) is 3.07. The molecule has 3 N–H and O–H groups in total. The van der Waals surface area contributed by atoms with Gasteiger partial charge in [-0.1, -0.05) is 12.1 Å². The van der Waals surface area contributed by atoms with E-state index in [0.29, 0.717) is 11.1 Å². The quantitative estimate of drug-likeness (QED) is 0.391. The second kappa shape index (κ2) is 5.50. The Kier molecular flexibility index (Phi) is 3.39. The van der Waals surface area contributed by atoms with Crippen LogP contribution in [0.2, 0.25) is 0 Å². The fraction of sp³-hybridized carbons (Fsp3) is 0. The maximum Gasteiger partial charge on any atom is 0.141 e. The molecular weight excluding hydrogens is 266 g/mol. The Balaban J connectivity index is 1.89. The van der Waals surface area contributed by atoms with E-state index >= 15 is 0 Å². The highest BCUT2D eigenvalue weighted by molar-refractivity contribution is 5.95. The van der Waals surface area contributed by atoms with Crippen LogP contribution >= 0.6 is 0 Å². The van der Waals surface area contributed by atoms with Gasteiger partial charge in [0.1, 0.15) is 17.0 Å². The molecule has 0 radical (unpaired) electrons. The predicted molar refractivity (Wildman–Crippen MR) is 82.7 cm³/mol. The molecule has 5 heteroatoms. The summed E-state index contributed by atoms with van der Waals surface area (Å²) in [4.78, 5) is 4.14. The number of nitrogens with zero attached hydrogens (tertiary/aromatic N) is 2. The van der Waals surface area contributed by atoms with E-state index < -0.39 is 0 Å². The van der Waals surface area contributed by atoms with E-state index in [4.69, 9.17) is 0 Å². The van der Waals surface area contributed by atoms with Crippen molar-refractivity contribution in [2.75, 3.05) is 5.43 Å². The average molecular weight is 279 g/mol. The van der Waals surface area contributed by atoms with Crippen molar-refractivity contribution in [2.45, 2.75) is 0 Å². The first-order chi connectivity index (χ1) is 10.3.